The van der Waals surface area contributed by atoms with Crippen LogP contribution in [0.2, 0.25) is 10.0 Å². The first kappa shape index (κ1) is 23.4. The van der Waals surface area contributed by atoms with E-state index in [4.69, 9.17) is 27.9 Å². The Morgan fingerprint density at radius 3 is 2.53 bits per heavy atom. The van der Waals surface area contributed by atoms with E-state index in [9.17, 15) is 10.1 Å². The molecular formula is C28H20Cl2N2O2. The summed E-state index contributed by atoms with van der Waals surface area (Å²) >= 11 is 12.3. The van der Waals surface area contributed by atoms with Crippen LogP contribution in [0.15, 0.2) is 84.4 Å². The summed E-state index contributed by atoms with van der Waals surface area (Å²) in [6.45, 7) is 2.42. The van der Waals surface area contributed by atoms with E-state index in [1.165, 1.54) is 6.08 Å². The second kappa shape index (κ2) is 10.4. The van der Waals surface area contributed by atoms with Crippen molar-refractivity contribution < 1.29 is 9.53 Å². The minimum atomic E-state index is -0.521. The van der Waals surface area contributed by atoms with Crippen molar-refractivity contribution in [1.82, 2.24) is 0 Å². The predicted octanol–water partition coefficient (Wildman–Crippen LogP) is 7.58. The number of hydrogen-bond acceptors (Lipinski definition) is 3. The number of nitriles is 1. The summed E-state index contributed by atoms with van der Waals surface area (Å²) < 4.78 is 6.03. The number of amides is 1. The molecule has 0 saturated carbocycles. The number of hydrogen-bond donors (Lipinski definition) is 1. The molecule has 4 rings (SSSR count). The maximum Gasteiger partial charge on any atom is 0.266 e. The van der Waals surface area contributed by atoms with Crippen molar-refractivity contribution in [2.24, 2.45) is 0 Å². The highest BCUT2D eigenvalue weighted by atomic mass is 35.5. The van der Waals surface area contributed by atoms with Gasteiger partial charge in [0.1, 0.15) is 24.0 Å². The van der Waals surface area contributed by atoms with Gasteiger partial charge in [-0.05, 0) is 71.3 Å². The van der Waals surface area contributed by atoms with E-state index in [2.05, 4.69) is 36.5 Å². The summed E-state index contributed by atoms with van der Waals surface area (Å²) in [7, 11) is 0. The molecule has 0 spiro atoms. The Labute approximate surface area is 208 Å². The fourth-order valence-electron chi connectivity index (χ4n) is 3.56. The molecule has 168 valence electrons. The van der Waals surface area contributed by atoms with Crippen molar-refractivity contribution in [3.63, 3.8) is 0 Å². The molecule has 1 N–H and O–H groups in total. The molecule has 6 heteroatoms. The number of benzene rings is 4. The molecule has 4 aromatic rings. The highest BCUT2D eigenvalue weighted by Gasteiger charge is 2.12. The molecule has 0 aliphatic rings. The Kier molecular flexibility index (Phi) is 7.18. The largest absolute Gasteiger partial charge is 0.487 e. The smallest absolute Gasteiger partial charge is 0.266 e. The average molecular weight is 487 g/mol. The number of nitrogens with one attached hydrogen (secondary N) is 1. The summed E-state index contributed by atoms with van der Waals surface area (Å²) in [5.74, 6) is 0.00276. The van der Waals surface area contributed by atoms with Gasteiger partial charge in [0.25, 0.3) is 5.91 Å². The van der Waals surface area contributed by atoms with Crippen LogP contribution in [0.25, 0.3) is 16.8 Å². The topological polar surface area (TPSA) is 62.1 Å². The Morgan fingerprint density at radius 2 is 1.79 bits per heavy atom. The van der Waals surface area contributed by atoms with Crippen molar-refractivity contribution >= 4 is 51.6 Å². The second-order valence-electron chi connectivity index (χ2n) is 7.69. The lowest BCUT2D eigenvalue weighted by molar-refractivity contribution is -0.112. The third kappa shape index (κ3) is 5.40. The standard InChI is InChI=1S/C28H20Cl2N2O2/c1-18-6-8-20-4-2-3-5-24(20)25(18)17-34-27-13-7-19(15-26(27)30)14-21(16-31)28(33)32-23-11-9-22(29)10-12-23/h2-15H,17H2,1H3,(H,32,33)/b21-14+. The SMILES string of the molecule is Cc1ccc2ccccc2c1COc1ccc(/C=C(\C#N)C(=O)Nc2ccc(Cl)cc2)cc1Cl. The van der Waals surface area contributed by atoms with Crippen LogP contribution >= 0.6 is 23.2 Å². The van der Waals surface area contributed by atoms with Crippen LogP contribution in [-0.4, -0.2) is 5.91 Å². The fraction of sp³-hybridized carbons (Fsp3) is 0.0714. The maximum absolute atomic E-state index is 12.5. The molecule has 0 atom stereocenters. The number of fused-ring (bicyclic) bond motifs is 1. The van der Waals surface area contributed by atoms with E-state index in [1.54, 1.807) is 42.5 Å². The Bertz CT molecular complexity index is 1440. The van der Waals surface area contributed by atoms with Gasteiger partial charge in [-0.25, -0.2) is 0 Å². The van der Waals surface area contributed by atoms with Crippen molar-refractivity contribution in [2.45, 2.75) is 13.5 Å². The normalized spacial score (nSPS) is 11.2. The number of ether oxygens (including phenoxy) is 1. The van der Waals surface area contributed by atoms with Crippen molar-refractivity contribution in [2.75, 3.05) is 5.32 Å². The van der Waals surface area contributed by atoms with Crippen LogP contribution in [-0.2, 0) is 11.4 Å². The van der Waals surface area contributed by atoms with Gasteiger partial charge in [0, 0.05) is 16.3 Å². The molecule has 1 amide bonds. The number of halogens is 2. The lowest BCUT2D eigenvalue weighted by Gasteiger charge is -2.13. The first-order valence-electron chi connectivity index (χ1n) is 10.5. The van der Waals surface area contributed by atoms with Gasteiger partial charge in [0.05, 0.1) is 5.02 Å². The van der Waals surface area contributed by atoms with Gasteiger partial charge < -0.3 is 10.1 Å². The quantitative estimate of drug-likeness (QED) is 0.225. The molecule has 0 aromatic heterocycles. The minimum Gasteiger partial charge on any atom is -0.487 e. The first-order chi connectivity index (χ1) is 16.4. The van der Waals surface area contributed by atoms with E-state index < -0.39 is 5.91 Å². The summed E-state index contributed by atoms with van der Waals surface area (Å²) in [6.07, 6.45) is 1.48. The van der Waals surface area contributed by atoms with Crippen LogP contribution < -0.4 is 10.1 Å². The number of carbonyl (C=O) groups is 1. The van der Waals surface area contributed by atoms with Crippen LogP contribution in [0.4, 0.5) is 5.69 Å². The monoisotopic (exact) mass is 486 g/mol. The zero-order valence-electron chi connectivity index (χ0n) is 18.3. The second-order valence-corrected chi connectivity index (χ2v) is 8.54. The maximum atomic E-state index is 12.5. The number of aryl methyl sites for hydroxylation is 1. The fourth-order valence-corrected chi connectivity index (χ4v) is 3.93. The summed E-state index contributed by atoms with van der Waals surface area (Å²) in [4.78, 5) is 12.5. The molecule has 34 heavy (non-hydrogen) atoms. The van der Waals surface area contributed by atoms with Crippen molar-refractivity contribution in [3.8, 4) is 11.8 Å². The van der Waals surface area contributed by atoms with Gasteiger partial charge >= 0.3 is 0 Å². The van der Waals surface area contributed by atoms with Crippen molar-refractivity contribution in [1.29, 1.82) is 5.26 Å². The van der Waals surface area contributed by atoms with Crippen LogP contribution in [0.1, 0.15) is 16.7 Å². The van der Waals surface area contributed by atoms with E-state index in [0.29, 0.717) is 33.7 Å². The predicted molar refractivity (Wildman–Crippen MR) is 138 cm³/mol. The number of rotatable bonds is 6. The van der Waals surface area contributed by atoms with Crippen LogP contribution in [0.3, 0.4) is 0 Å². The van der Waals surface area contributed by atoms with Gasteiger partial charge in [0.2, 0.25) is 0 Å². The lowest BCUT2D eigenvalue weighted by atomic mass is 10.0. The van der Waals surface area contributed by atoms with Gasteiger partial charge in [-0.15, -0.1) is 0 Å². The number of nitrogens with zero attached hydrogens (tertiary/aromatic N) is 1. The Balaban J connectivity index is 1.50. The number of anilines is 1. The van der Waals surface area contributed by atoms with E-state index >= 15 is 0 Å². The third-order valence-corrected chi connectivity index (χ3v) is 5.93. The van der Waals surface area contributed by atoms with Crippen molar-refractivity contribution in [3.05, 3.63) is 111 Å². The minimum absolute atomic E-state index is 0.0499. The average Bonchev–Trinajstić information content (AvgIpc) is 2.84. The van der Waals surface area contributed by atoms with E-state index in [0.717, 1.165) is 21.9 Å². The summed E-state index contributed by atoms with van der Waals surface area (Å²) in [5.41, 5.74) is 3.34. The molecule has 0 heterocycles. The molecule has 0 radical (unpaired) electrons. The summed E-state index contributed by atoms with van der Waals surface area (Å²) in [6, 6.07) is 26.1. The van der Waals surface area contributed by atoms with Gasteiger partial charge in [-0.3, -0.25) is 4.79 Å². The zero-order chi connectivity index (χ0) is 24.1. The molecule has 0 aliphatic heterocycles. The molecule has 0 aliphatic carbocycles. The van der Waals surface area contributed by atoms with Gasteiger partial charge in [0.15, 0.2) is 0 Å². The van der Waals surface area contributed by atoms with Gasteiger partial charge in [-0.1, -0.05) is 65.7 Å². The van der Waals surface area contributed by atoms with Crippen LogP contribution in [0, 0.1) is 18.3 Å². The highest BCUT2D eigenvalue weighted by Crippen LogP contribution is 2.29. The molecular weight excluding hydrogens is 467 g/mol. The lowest BCUT2D eigenvalue weighted by Crippen LogP contribution is -2.13. The third-order valence-electron chi connectivity index (χ3n) is 5.38. The molecule has 4 nitrogen and oxygen atoms in total. The number of carbonyl (C=O) groups excluding carboxylic acids is 1. The molecule has 4 aromatic carbocycles. The first-order valence-corrected chi connectivity index (χ1v) is 11.3. The Hall–Kier alpha value is -3.78. The Morgan fingerprint density at radius 1 is 1.03 bits per heavy atom. The molecule has 0 unspecified atom stereocenters. The van der Waals surface area contributed by atoms with Gasteiger partial charge in [-0.2, -0.15) is 5.26 Å². The highest BCUT2D eigenvalue weighted by molar-refractivity contribution is 6.32. The molecule has 0 bridgehead atoms. The molecule has 0 saturated heterocycles. The molecule has 0 fully saturated rings. The van der Waals surface area contributed by atoms with E-state index in [-0.39, 0.29) is 5.57 Å². The summed E-state index contributed by atoms with van der Waals surface area (Å²) in [5, 5.41) is 15.4. The van der Waals surface area contributed by atoms with E-state index in [1.807, 2.05) is 18.2 Å². The zero-order valence-corrected chi connectivity index (χ0v) is 19.8. The van der Waals surface area contributed by atoms with Crippen LogP contribution in [0.5, 0.6) is 5.75 Å².